The summed E-state index contributed by atoms with van der Waals surface area (Å²) in [5, 5.41) is 4.01. The van der Waals surface area contributed by atoms with Crippen LogP contribution >= 0.6 is 0 Å². The first-order chi connectivity index (χ1) is 8.70. The fraction of sp³-hybridized carbons (Fsp3) is 0.429. The van der Waals surface area contributed by atoms with E-state index in [4.69, 9.17) is 10.3 Å². The van der Waals surface area contributed by atoms with Crippen LogP contribution in [0.2, 0.25) is 0 Å². The number of hydrogen-bond acceptors (Lipinski definition) is 4. The van der Waals surface area contributed by atoms with Gasteiger partial charge in [0.15, 0.2) is 5.82 Å². The van der Waals surface area contributed by atoms with E-state index < -0.39 is 0 Å². The highest BCUT2D eigenvalue weighted by molar-refractivity contribution is 5.18. The standard InChI is InChI=1S/C14H19N3O/c1-3-12(15)10(2)14-16-13(17-18-14)9-11-7-5-4-6-8-11/h4-8,10,12H,3,9,15H2,1-2H3. The Morgan fingerprint density at radius 1 is 1.28 bits per heavy atom. The van der Waals surface area contributed by atoms with E-state index in [0.717, 1.165) is 6.42 Å². The van der Waals surface area contributed by atoms with Crippen molar-refractivity contribution in [2.75, 3.05) is 0 Å². The first kappa shape index (κ1) is 12.8. The second kappa shape index (κ2) is 5.78. The van der Waals surface area contributed by atoms with Crippen LogP contribution in [0.3, 0.4) is 0 Å². The molecule has 4 heteroatoms. The third-order valence-corrected chi connectivity index (χ3v) is 3.19. The van der Waals surface area contributed by atoms with Gasteiger partial charge in [0.2, 0.25) is 5.89 Å². The molecule has 18 heavy (non-hydrogen) atoms. The lowest BCUT2D eigenvalue weighted by atomic mass is 10.0. The minimum Gasteiger partial charge on any atom is -0.339 e. The van der Waals surface area contributed by atoms with E-state index in [-0.39, 0.29) is 12.0 Å². The summed E-state index contributed by atoms with van der Waals surface area (Å²) >= 11 is 0. The number of aromatic nitrogens is 2. The molecule has 0 amide bonds. The smallest absolute Gasteiger partial charge is 0.231 e. The molecule has 0 fully saturated rings. The van der Waals surface area contributed by atoms with Crippen molar-refractivity contribution in [3.63, 3.8) is 0 Å². The molecule has 0 saturated heterocycles. The Morgan fingerprint density at radius 2 is 2.00 bits per heavy atom. The highest BCUT2D eigenvalue weighted by Gasteiger charge is 2.19. The minimum absolute atomic E-state index is 0.0648. The van der Waals surface area contributed by atoms with Crippen molar-refractivity contribution < 1.29 is 4.52 Å². The Morgan fingerprint density at radius 3 is 2.67 bits per heavy atom. The summed E-state index contributed by atoms with van der Waals surface area (Å²) in [6, 6.07) is 10.2. The average Bonchev–Trinajstić information content (AvgIpc) is 2.86. The fourth-order valence-electron chi connectivity index (χ4n) is 1.84. The molecule has 0 aliphatic heterocycles. The summed E-state index contributed by atoms with van der Waals surface area (Å²) in [5.74, 6) is 1.45. The molecule has 2 N–H and O–H groups in total. The highest BCUT2D eigenvalue weighted by atomic mass is 16.5. The molecule has 2 rings (SSSR count). The van der Waals surface area contributed by atoms with E-state index in [2.05, 4.69) is 29.2 Å². The Kier molecular flexibility index (Phi) is 4.10. The van der Waals surface area contributed by atoms with Crippen molar-refractivity contribution in [2.24, 2.45) is 5.73 Å². The Balaban J connectivity index is 2.07. The third-order valence-electron chi connectivity index (χ3n) is 3.19. The lowest BCUT2D eigenvalue weighted by Gasteiger charge is -2.13. The molecule has 0 bridgehead atoms. The zero-order chi connectivity index (χ0) is 13.0. The summed E-state index contributed by atoms with van der Waals surface area (Å²) in [6.07, 6.45) is 1.59. The van der Waals surface area contributed by atoms with Gasteiger partial charge in [-0.15, -0.1) is 0 Å². The maximum atomic E-state index is 5.98. The molecule has 0 aliphatic rings. The summed E-state index contributed by atoms with van der Waals surface area (Å²) in [7, 11) is 0. The van der Waals surface area contributed by atoms with Gasteiger partial charge in [-0.1, -0.05) is 49.3 Å². The quantitative estimate of drug-likeness (QED) is 0.879. The normalized spacial score (nSPS) is 14.4. The third kappa shape index (κ3) is 2.96. The van der Waals surface area contributed by atoms with Gasteiger partial charge in [-0.25, -0.2) is 0 Å². The lowest BCUT2D eigenvalue weighted by molar-refractivity contribution is 0.337. The Labute approximate surface area is 107 Å². The second-order valence-electron chi connectivity index (χ2n) is 4.57. The Bertz CT molecular complexity index is 481. The maximum absolute atomic E-state index is 5.98. The van der Waals surface area contributed by atoms with E-state index in [1.807, 2.05) is 25.1 Å². The molecule has 0 saturated carbocycles. The lowest BCUT2D eigenvalue weighted by Crippen LogP contribution is -2.25. The van der Waals surface area contributed by atoms with Crippen LogP contribution in [0.5, 0.6) is 0 Å². The number of nitrogens with zero attached hydrogens (tertiary/aromatic N) is 2. The van der Waals surface area contributed by atoms with Crippen LogP contribution in [-0.4, -0.2) is 16.2 Å². The van der Waals surface area contributed by atoms with Gasteiger partial charge >= 0.3 is 0 Å². The number of benzene rings is 1. The molecule has 1 aromatic heterocycles. The van der Waals surface area contributed by atoms with Crippen molar-refractivity contribution in [1.82, 2.24) is 10.1 Å². The van der Waals surface area contributed by atoms with Gasteiger partial charge in [0.1, 0.15) is 0 Å². The topological polar surface area (TPSA) is 64.9 Å². The summed E-state index contributed by atoms with van der Waals surface area (Å²) in [6.45, 7) is 4.08. The van der Waals surface area contributed by atoms with E-state index >= 15 is 0 Å². The second-order valence-corrected chi connectivity index (χ2v) is 4.57. The van der Waals surface area contributed by atoms with Crippen LogP contribution in [0.1, 0.15) is 43.5 Å². The number of nitrogens with two attached hydrogens (primary N) is 1. The summed E-state index contributed by atoms with van der Waals surface area (Å²) in [5.41, 5.74) is 7.16. The fourth-order valence-corrected chi connectivity index (χ4v) is 1.84. The molecule has 0 radical (unpaired) electrons. The van der Waals surface area contributed by atoms with Crippen LogP contribution < -0.4 is 5.73 Å². The molecule has 1 heterocycles. The predicted octanol–water partition coefficient (Wildman–Crippen LogP) is 2.50. The molecular weight excluding hydrogens is 226 g/mol. The van der Waals surface area contributed by atoms with E-state index in [1.165, 1.54) is 5.56 Å². The molecule has 96 valence electrons. The van der Waals surface area contributed by atoms with Gasteiger partial charge in [-0.3, -0.25) is 0 Å². The zero-order valence-corrected chi connectivity index (χ0v) is 10.8. The van der Waals surface area contributed by atoms with Crippen LogP contribution in [0.15, 0.2) is 34.9 Å². The monoisotopic (exact) mass is 245 g/mol. The SMILES string of the molecule is CCC(N)C(C)c1nc(Cc2ccccc2)no1. The van der Waals surface area contributed by atoms with Crippen molar-refractivity contribution >= 4 is 0 Å². The maximum Gasteiger partial charge on any atom is 0.231 e. The summed E-state index contributed by atoms with van der Waals surface area (Å²) < 4.78 is 5.28. The molecular formula is C14H19N3O. The molecule has 4 nitrogen and oxygen atoms in total. The Hall–Kier alpha value is -1.68. The largest absolute Gasteiger partial charge is 0.339 e. The minimum atomic E-state index is 0.0648. The zero-order valence-electron chi connectivity index (χ0n) is 10.8. The van der Waals surface area contributed by atoms with Crippen LogP contribution in [0.25, 0.3) is 0 Å². The van der Waals surface area contributed by atoms with Crippen LogP contribution in [0, 0.1) is 0 Å². The molecule has 2 aromatic rings. The average molecular weight is 245 g/mol. The van der Waals surface area contributed by atoms with Gasteiger partial charge in [0, 0.05) is 12.5 Å². The van der Waals surface area contributed by atoms with Gasteiger partial charge in [0.25, 0.3) is 0 Å². The van der Waals surface area contributed by atoms with Gasteiger partial charge in [-0.2, -0.15) is 4.98 Å². The molecule has 1 aromatic carbocycles. The van der Waals surface area contributed by atoms with E-state index in [0.29, 0.717) is 18.1 Å². The molecule has 0 aliphatic carbocycles. The number of hydrogen-bond donors (Lipinski definition) is 1. The molecule has 0 spiro atoms. The van der Waals surface area contributed by atoms with Gasteiger partial charge in [0.05, 0.1) is 5.92 Å². The van der Waals surface area contributed by atoms with Crippen molar-refractivity contribution in [2.45, 2.75) is 38.6 Å². The van der Waals surface area contributed by atoms with Gasteiger partial charge < -0.3 is 10.3 Å². The highest BCUT2D eigenvalue weighted by Crippen LogP contribution is 2.18. The van der Waals surface area contributed by atoms with Crippen LogP contribution in [0.4, 0.5) is 0 Å². The first-order valence-corrected chi connectivity index (χ1v) is 6.32. The van der Waals surface area contributed by atoms with Crippen molar-refractivity contribution in [3.8, 4) is 0 Å². The first-order valence-electron chi connectivity index (χ1n) is 6.32. The van der Waals surface area contributed by atoms with E-state index in [1.54, 1.807) is 0 Å². The molecule has 2 unspecified atom stereocenters. The van der Waals surface area contributed by atoms with Crippen molar-refractivity contribution in [3.05, 3.63) is 47.6 Å². The van der Waals surface area contributed by atoms with Gasteiger partial charge in [-0.05, 0) is 12.0 Å². The number of rotatable bonds is 5. The predicted molar refractivity (Wildman–Crippen MR) is 70.2 cm³/mol. The summed E-state index contributed by atoms with van der Waals surface area (Å²) in [4.78, 5) is 4.42. The van der Waals surface area contributed by atoms with E-state index in [9.17, 15) is 0 Å². The molecule has 2 atom stereocenters. The van der Waals surface area contributed by atoms with Crippen LogP contribution in [-0.2, 0) is 6.42 Å². The van der Waals surface area contributed by atoms with Crippen molar-refractivity contribution in [1.29, 1.82) is 0 Å².